The zero-order valence-electron chi connectivity index (χ0n) is 21.3. The second-order valence-electron chi connectivity index (χ2n) is 10.3. The fourth-order valence-corrected chi connectivity index (χ4v) is 7.51. The van der Waals surface area contributed by atoms with Crippen molar-refractivity contribution >= 4 is 54.7 Å². The molecule has 0 saturated heterocycles. The zero-order valence-corrected chi connectivity index (χ0v) is 22.9. The summed E-state index contributed by atoms with van der Waals surface area (Å²) in [4.78, 5) is 16.1. The van der Waals surface area contributed by atoms with Gasteiger partial charge in [0.05, 0.1) is 28.0 Å². The molecule has 1 aliphatic carbocycles. The summed E-state index contributed by atoms with van der Waals surface area (Å²) in [7, 11) is 0. The van der Waals surface area contributed by atoms with Gasteiger partial charge < -0.3 is 15.7 Å². The van der Waals surface area contributed by atoms with E-state index in [4.69, 9.17) is 15.0 Å². The average molecular weight is 530 g/mol. The lowest BCUT2D eigenvalue weighted by Gasteiger charge is -2.34. The highest BCUT2D eigenvalue weighted by Gasteiger charge is 2.43. The molecule has 3 aromatic heterocycles. The van der Waals surface area contributed by atoms with E-state index in [2.05, 4.69) is 60.9 Å². The van der Waals surface area contributed by atoms with Gasteiger partial charge in [0.15, 0.2) is 0 Å². The van der Waals surface area contributed by atoms with Crippen molar-refractivity contribution in [1.29, 1.82) is 0 Å². The average Bonchev–Trinajstić information content (AvgIpc) is 3.58. The maximum atomic E-state index is 9.90. The van der Waals surface area contributed by atoms with Crippen molar-refractivity contribution in [2.75, 3.05) is 17.2 Å². The number of aryl methyl sites for hydroxylation is 1. The molecule has 2 aromatic carbocycles. The highest BCUT2D eigenvalue weighted by Crippen LogP contribution is 2.44. The normalized spacial score (nSPS) is 21.6. The standard InChI is InChI=1S/C29H31N5OS2/c1-17-20(16-35)12-13-29(17,3)34-26-25(27-32-22-9-5-7-11-24(22)37-27)18(2)31-28(33-26)30-15-21-14-19-8-4-6-10-23(19)36-21/h4-11,14,17,20,35H,12-13,15-16H2,1-3H3,(H2,30,31,33,34). The van der Waals surface area contributed by atoms with Crippen LogP contribution in [0, 0.1) is 18.8 Å². The Morgan fingerprint density at radius 1 is 1.03 bits per heavy atom. The van der Waals surface area contributed by atoms with Gasteiger partial charge in [-0.3, -0.25) is 0 Å². The molecule has 37 heavy (non-hydrogen) atoms. The van der Waals surface area contributed by atoms with Crippen LogP contribution in [0.3, 0.4) is 0 Å². The molecule has 1 saturated carbocycles. The number of thiazole rings is 1. The Labute approximate surface area is 224 Å². The molecule has 1 fully saturated rings. The van der Waals surface area contributed by atoms with E-state index in [1.54, 1.807) is 22.7 Å². The summed E-state index contributed by atoms with van der Waals surface area (Å²) < 4.78 is 2.43. The largest absolute Gasteiger partial charge is 0.396 e. The van der Waals surface area contributed by atoms with Crippen LogP contribution in [0.2, 0.25) is 0 Å². The maximum Gasteiger partial charge on any atom is 0.225 e. The number of nitrogens with one attached hydrogen (secondary N) is 2. The zero-order chi connectivity index (χ0) is 25.6. The molecule has 0 amide bonds. The van der Waals surface area contributed by atoms with Gasteiger partial charge in [-0.15, -0.1) is 22.7 Å². The fourth-order valence-electron chi connectivity index (χ4n) is 5.45. The van der Waals surface area contributed by atoms with E-state index in [1.165, 1.54) is 15.0 Å². The summed E-state index contributed by atoms with van der Waals surface area (Å²) in [6.45, 7) is 7.40. The van der Waals surface area contributed by atoms with Gasteiger partial charge in [0, 0.05) is 21.7 Å². The van der Waals surface area contributed by atoms with Gasteiger partial charge in [-0.25, -0.2) is 9.97 Å². The molecule has 6 rings (SSSR count). The predicted molar refractivity (Wildman–Crippen MR) is 156 cm³/mol. The molecule has 0 radical (unpaired) electrons. The number of anilines is 2. The third-order valence-electron chi connectivity index (χ3n) is 7.88. The monoisotopic (exact) mass is 529 g/mol. The molecule has 3 N–H and O–H groups in total. The Bertz CT molecular complexity index is 1510. The van der Waals surface area contributed by atoms with Crippen LogP contribution in [0.1, 0.15) is 37.3 Å². The summed E-state index contributed by atoms with van der Waals surface area (Å²) in [5, 5.41) is 19.4. The van der Waals surface area contributed by atoms with Gasteiger partial charge in [-0.1, -0.05) is 37.3 Å². The van der Waals surface area contributed by atoms with Crippen LogP contribution in [0.5, 0.6) is 0 Å². The van der Waals surface area contributed by atoms with Crippen molar-refractivity contribution < 1.29 is 5.11 Å². The third kappa shape index (κ3) is 4.58. The second-order valence-corrected chi connectivity index (χ2v) is 12.5. The highest BCUT2D eigenvalue weighted by molar-refractivity contribution is 7.21. The van der Waals surface area contributed by atoms with Gasteiger partial charge in [0.2, 0.25) is 5.95 Å². The number of nitrogens with zero attached hydrogens (tertiary/aromatic N) is 3. The van der Waals surface area contributed by atoms with E-state index >= 15 is 0 Å². The summed E-state index contributed by atoms with van der Waals surface area (Å²) in [5.74, 6) is 2.01. The number of rotatable bonds is 7. The Morgan fingerprint density at radius 3 is 2.57 bits per heavy atom. The van der Waals surface area contributed by atoms with Gasteiger partial charge in [-0.05, 0) is 68.2 Å². The van der Waals surface area contributed by atoms with Gasteiger partial charge in [0.25, 0.3) is 0 Å². The number of benzene rings is 2. The molecular formula is C29H31N5OS2. The maximum absolute atomic E-state index is 9.90. The van der Waals surface area contributed by atoms with Gasteiger partial charge >= 0.3 is 0 Å². The van der Waals surface area contributed by atoms with E-state index in [9.17, 15) is 5.11 Å². The van der Waals surface area contributed by atoms with Crippen molar-refractivity contribution in [2.45, 2.75) is 45.7 Å². The molecule has 0 bridgehead atoms. The SMILES string of the molecule is Cc1nc(NCc2cc3ccccc3s2)nc(NC2(C)CCC(CO)C2C)c1-c1nc2ccccc2s1. The number of aliphatic hydroxyl groups excluding tert-OH is 1. The number of hydrogen-bond acceptors (Lipinski definition) is 8. The number of aromatic nitrogens is 3. The van der Waals surface area contributed by atoms with Crippen LogP contribution in [0.25, 0.3) is 30.9 Å². The smallest absolute Gasteiger partial charge is 0.225 e. The third-order valence-corrected chi connectivity index (χ3v) is 10.0. The van der Waals surface area contributed by atoms with Crippen molar-refractivity contribution in [3.8, 4) is 10.6 Å². The van der Waals surface area contributed by atoms with Crippen LogP contribution < -0.4 is 10.6 Å². The fraction of sp³-hybridized carbons (Fsp3) is 0.345. The van der Waals surface area contributed by atoms with Gasteiger partial charge in [-0.2, -0.15) is 4.98 Å². The van der Waals surface area contributed by atoms with Crippen LogP contribution in [-0.4, -0.2) is 32.2 Å². The summed E-state index contributed by atoms with van der Waals surface area (Å²) in [6, 6.07) is 18.9. The van der Waals surface area contributed by atoms with E-state index in [0.717, 1.165) is 45.1 Å². The quantitative estimate of drug-likeness (QED) is 0.209. The van der Waals surface area contributed by atoms with E-state index in [-0.39, 0.29) is 18.1 Å². The predicted octanol–water partition coefficient (Wildman–Crippen LogP) is 7.10. The van der Waals surface area contributed by atoms with Crippen LogP contribution in [-0.2, 0) is 6.54 Å². The molecule has 0 spiro atoms. The number of fused-ring (bicyclic) bond motifs is 2. The summed E-state index contributed by atoms with van der Waals surface area (Å²) in [5.41, 5.74) is 2.65. The minimum Gasteiger partial charge on any atom is -0.396 e. The first kappa shape index (κ1) is 24.3. The minimum atomic E-state index is -0.178. The summed E-state index contributed by atoms with van der Waals surface area (Å²) >= 11 is 3.46. The lowest BCUT2D eigenvalue weighted by molar-refractivity contribution is 0.187. The van der Waals surface area contributed by atoms with Crippen LogP contribution >= 0.6 is 22.7 Å². The molecule has 3 atom stereocenters. The first-order valence-corrected chi connectivity index (χ1v) is 14.4. The Kier molecular flexibility index (Phi) is 6.34. The van der Waals surface area contributed by atoms with E-state index < -0.39 is 0 Å². The molecule has 3 heterocycles. The van der Waals surface area contributed by atoms with Crippen LogP contribution in [0.4, 0.5) is 11.8 Å². The van der Waals surface area contributed by atoms with Crippen LogP contribution in [0.15, 0.2) is 54.6 Å². The number of hydrogen-bond donors (Lipinski definition) is 3. The lowest BCUT2D eigenvalue weighted by Crippen LogP contribution is -2.40. The lowest BCUT2D eigenvalue weighted by atomic mass is 9.86. The second kappa shape index (κ2) is 9.67. The first-order chi connectivity index (χ1) is 17.9. The Hall–Kier alpha value is -3.07. The molecule has 0 aliphatic heterocycles. The molecule has 1 aliphatic rings. The summed E-state index contributed by atoms with van der Waals surface area (Å²) in [6.07, 6.45) is 1.98. The number of aliphatic hydroxyl groups is 1. The topological polar surface area (TPSA) is 83.0 Å². The molecular weight excluding hydrogens is 498 g/mol. The highest BCUT2D eigenvalue weighted by atomic mass is 32.1. The molecule has 190 valence electrons. The Balaban J connectivity index is 1.37. The van der Waals surface area contributed by atoms with E-state index in [0.29, 0.717) is 18.4 Å². The first-order valence-electron chi connectivity index (χ1n) is 12.8. The van der Waals surface area contributed by atoms with E-state index in [1.807, 2.05) is 25.1 Å². The van der Waals surface area contributed by atoms with Crippen molar-refractivity contribution in [2.24, 2.45) is 11.8 Å². The molecule has 8 heteroatoms. The molecule has 6 nitrogen and oxygen atoms in total. The molecule has 3 unspecified atom stereocenters. The van der Waals surface area contributed by atoms with Gasteiger partial charge in [0.1, 0.15) is 10.8 Å². The molecule has 5 aromatic rings. The van der Waals surface area contributed by atoms with Crippen molar-refractivity contribution in [3.05, 3.63) is 65.2 Å². The minimum absolute atomic E-state index is 0.178. The van der Waals surface area contributed by atoms with Crippen molar-refractivity contribution in [1.82, 2.24) is 15.0 Å². The number of thiophene rings is 1. The Morgan fingerprint density at radius 2 is 1.81 bits per heavy atom. The van der Waals surface area contributed by atoms with Crippen molar-refractivity contribution in [3.63, 3.8) is 0 Å². The number of para-hydroxylation sites is 1.